The molecule has 0 bridgehead atoms. The van der Waals surface area contributed by atoms with Gasteiger partial charge in [-0.2, -0.15) is 5.26 Å². The SMILES string of the molecule is COC(=O)c1ccc(Cl)c(S(=O)(=O)Nc2ccc(C#N)cc2)c1. The van der Waals surface area contributed by atoms with Crippen LogP contribution in [0.15, 0.2) is 47.4 Å². The van der Waals surface area contributed by atoms with Crippen LogP contribution in [-0.2, 0) is 14.8 Å². The number of carbonyl (C=O) groups is 1. The van der Waals surface area contributed by atoms with Crippen LogP contribution in [0.3, 0.4) is 0 Å². The number of rotatable bonds is 4. The first-order valence-corrected chi connectivity index (χ1v) is 8.14. The summed E-state index contributed by atoms with van der Waals surface area (Å²) in [7, 11) is -2.81. The van der Waals surface area contributed by atoms with Crippen LogP contribution in [-0.4, -0.2) is 21.5 Å². The van der Waals surface area contributed by atoms with Gasteiger partial charge in [-0.3, -0.25) is 4.72 Å². The summed E-state index contributed by atoms with van der Waals surface area (Å²) in [4.78, 5) is 11.3. The van der Waals surface area contributed by atoms with E-state index in [9.17, 15) is 13.2 Å². The quantitative estimate of drug-likeness (QED) is 0.855. The van der Waals surface area contributed by atoms with Crippen molar-refractivity contribution < 1.29 is 17.9 Å². The summed E-state index contributed by atoms with van der Waals surface area (Å²) in [6.45, 7) is 0. The molecule has 2 aromatic rings. The first kappa shape index (κ1) is 16.8. The molecule has 6 nitrogen and oxygen atoms in total. The van der Waals surface area contributed by atoms with E-state index in [-0.39, 0.29) is 21.2 Å². The van der Waals surface area contributed by atoms with Gasteiger partial charge < -0.3 is 4.74 Å². The van der Waals surface area contributed by atoms with E-state index in [0.29, 0.717) is 5.56 Å². The summed E-state index contributed by atoms with van der Waals surface area (Å²) >= 11 is 5.93. The molecule has 2 rings (SSSR count). The highest BCUT2D eigenvalue weighted by Crippen LogP contribution is 2.25. The van der Waals surface area contributed by atoms with E-state index < -0.39 is 16.0 Å². The molecule has 0 aromatic heterocycles. The second kappa shape index (κ2) is 6.69. The van der Waals surface area contributed by atoms with E-state index in [4.69, 9.17) is 16.9 Å². The van der Waals surface area contributed by atoms with Gasteiger partial charge in [-0.15, -0.1) is 0 Å². The molecular formula is C15H11ClN2O4S. The van der Waals surface area contributed by atoms with E-state index in [1.54, 1.807) is 0 Å². The van der Waals surface area contributed by atoms with E-state index in [1.807, 2.05) is 6.07 Å². The van der Waals surface area contributed by atoms with Gasteiger partial charge in [0.05, 0.1) is 29.3 Å². The lowest BCUT2D eigenvalue weighted by atomic mass is 10.2. The number of nitriles is 1. The third-order valence-corrected chi connectivity index (χ3v) is 4.77. The van der Waals surface area contributed by atoms with Crippen LogP contribution in [0.4, 0.5) is 5.69 Å². The maximum absolute atomic E-state index is 12.4. The first-order valence-electron chi connectivity index (χ1n) is 6.28. The van der Waals surface area contributed by atoms with Crippen LogP contribution < -0.4 is 4.72 Å². The summed E-state index contributed by atoms with van der Waals surface area (Å²) in [5.74, 6) is -0.670. The Bertz CT molecular complexity index is 887. The second-order valence-corrected chi connectivity index (χ2v) is 6.49. The first-order chi connectivity index (χ1) is 10.9. The van der Waals surface area contributed by atoms with Crippen molar-refractivity contribution in [2.24, 2.45) is 0 Å². The zero-order chi connectivity index (χ0) is 17.0. The van der Waals surface area contributed by atoms with Crippen molar-refractivity contribution in [2.45, 2.75) is 4.90 Å². The number of carbonyl (C=O) groups excluding carboxylic acids is 1. The van der Waals surface area contributed by atoms with Crippen LogP contribution in [0.25, 0.3) is 0 Å². The van der Waals surface area contributed by atoms with Crippen LogP contribution in [0.2, 0.25) is 5.02 Å². The van der Waals surface area contributed by atoms with Gasteiger partial charge in [0.2, 0.25) is 0 Å². The van der Waals surface area contributed by atoms with Crippen molar-refractivity contribution in [3.63, 3.8) is 0 Å². The Balaban J connectivity index is 2.38. The number of hydrogen-bond donors (Lipinski definition) is 1. The molecule has 0 aliphatic rings. The molecule has 0 radical (unpaired) electrons. The molecule has 0 aliphatic carbocycles. The third kappa shape index (κ3) is 3.80. The summed E-state index contributed by atoms with van der Waals surface area (Å²) in [6.07, 6.45) is 0. The highest BCUT2D eigenvalue weighted by atomic mass is 35.5. The monoisotopic (exact) mass is 350 g/mol. The molecule has 0 aliphatic heterocycles. The molecule has 1 N–H and O–H groups in total. The maximum Gasteiger partial charge on any atom is 0.337 e. The topological polar surface area (TPSA) is 96.3 Å². The van der Waals surface area contributed by atoms with Gasteiger partial charge in [0.25, 0.3) is 10.0 Å². The molecule has 0 spiro atoms. The molecule has 0 atom stereocenters. The number of hydrogen-bond acceptors (Lipinski definition) is 5. The Kier molecular flexibility index (Phi) is 4.89. The number of methoxy groups -OCH3 is 1. The largest absolute Gasteiger partial charge is 0.465 e. The molecule has 23 heavy (non-hydrogen) atoms. The van der Waals surface area contributed by atoms with Crippen molar-refractivity contribution in [1.29, 1.82) is 5.26 Å². The number of ether oxygens (including phenoxy) is 1. The molecule has 0 amide bonds. The van der Waals surface area contributed by atoms with Crippen molar-refractivity contribution in [1.82, 2.24) is 0 Å². The summed E-state index contributed by atoms with van der Waals surface area (Å²) < 4.78 is 31.8. The molecule has 8 heteroatoms. The van der Waals surface area contributed by atoms with Gasteiger partial charge in [-0.25, -0.2) is 13.2 Å². The van der Waals surface area contributed by atoms with Gasteiger partial charge in [-0.1, -0.05) is 11.6 Å². The Morgan fingerprint density at radius 1 is 1.22 bits per heavy atom. The lowest BCUT2D eigenvalue weighted by Gasteiger charge is -2.10. The Hall–Kier alpha value is -2.56. The molecule has 2 aromatic carbocycles. The molecular weight excluding hydrogens is 340 g/mol. The Morgan fingerprint density at radius 3 is 2.43 bits per heavy atom. The highest BCUT2D eigenvalue weighted by molar-refractivity contribution is 7.92. The van der Waals surface area contributed by atoms with Gasteiger partial charge in [-0.05, 0) is 42.5 Å². The zero-order valence-corrected chi connectivity index (χ0v) is 13.5. The minimum absolute atomic E-state index is 0.0289. The Morgan fingerprint density at radius 2 is 1.87 bits per heavy atom. The minimum atomic E-state index is -4.00. The average Bonchev–Trinajstić information content (AvgIpc) is 2.54. The standard InChI is InChI=1S/C15H11ClN2O4S/c1-22-15(19)11-4-7-13(16)14(8-11)23(20,21)18-12-5-2-10(9-17)3-6-12/h2-8,18H,1H3. The highest BCUT2D eigenvalue weighted by Gasteiger charge is 2.20. The molecule has 0 heterocycles. The fourth-order valence-electron chi connectivity index (χ4n) is 1.78. The van der Waals surface area contributed by atoms with Gasteiger partial charge in [0.1, 0.15) is 4.90 Å². The lowest BCUT2D eigenvalue weighted by Crippen LogP contribution is -2.14. The number of benzene rings is 2. The Labute approximate surface area is 138 Å². The van der Waals surface area contributed by atoms with Gasteiger partial charge in [0, 0.05) is 5.69 Å². The third-order valence-electron chi connectivity index (χ3n) is 2.91. The van der Waals surface area contributed by atoms with E-state index >= 15 is 0 Å². The van der Waals surface area contributed by atoms with Crippen LogP contribution >= 0.6 is 11.6 Å². The van der Waals surface area contributed by atoms with E-state index in [0.717, 1.165) is 6.07 Å². The van der Waals surface area contributed by atoms with E-state index in [2.05, 4.69) is 9.46 Å². The predicted molar refractivity (Wildman–Crippen MR) is 84.8 cm³/mol. The van der Waals surface area contributed by atoms with Crippen molar-refractivity contribution in [3.05, 3.63) is 58.6 Å². The lowest BCUT2D eigenvalue weighted by molar-refractivity contribution is 0.0600. The predicted octanol–water partition coefficient (Wildman–Crippen LogP) is 2.80. The number of nitrogens with zero attached hydrogens (tertiary/aromatic N) is 1. The smallest absolute Gasteiger partial charge is 0.337 e. The number of anilines is 1. The molecule has 118 valence electrons. The molecule has 0 saturated carbocycles. The van der Waals surface area contributed by atoms with Crippen LogP contribution in [0.1, 0.15) is 15.9 Å². The molecule has 0 unspecified atom stereocenters. The molecule has 0 saturated heterocycles. The number of nitrogens with one attached hydrogen (secondary N) is 1. The zero-order valence-electron chi connectivity index (χ0n) is 11.9. The fourth-order valence-corrected chi connectivity index (χ4v) is 3.36. The minimum Gasteiger partial charge on any atom is -0.465 e. The van der Waals surface area contributed by atoms with Crippen molar-refractivity contribution in [2.75, 3.05) is 11.8 Å². The van der Waals surface area contributed by atoms with Gasteiger partial charge >= 0.3 is 5.97 Å². The van der Waals surface area contributed by atoms with Crippen molar-refractivity contribution in [3.8, 4) is 6.07 Å². The maximum atomic E-state index is 12.4. The van der Waals surface area contributed by atoms with Crippen molar-refractivity contribution >= 4 is 33.3 Å². The van der Waals surface area contributed by atoms with Crippen LogP contribution in [0.5, 0.6) is 0 Å². The summed E-state index contributed by atoms with van der Waals surface area (Å²) in [5.41, 5.74) is 0.735. The number of halogens is 1. The average molecular weight is 351 g/mol. The molecule has 0 fully saturated rings. The summed E-state index contributed by atoms with van der Waals surface area (Å²) in [6, 6.07) is 11.6. The number of esters is 1. The summed E-state index contributed by atoms with van der Waals surface area (Å²) in [5, 5.41) is 8.70. The van der Waals surface area contributed by atoms with Gasteiger partial charge in [0.15, 0.2) is 0 Å². The van der Waals surface area contributed by atoms with Crippen LogP contribution in [0, 0.1) is 11.3 Å². The van der Waals surface area contributed by atoms with E-state index in [1.165, 1.54) is 43.5 Å². The normalized spacial score (nSPS) is 10.7. The second-order valence-electron chi connectivity index (χ2n) is 4.43. The number of sulfonamides is 1. The fraction of sp³-hybridized carbons (Fsp3) is 0.0667.